The molecule has 3 atom stereocenters. The van der Waals surface area contributed by atoms with Crippen molar-refractivity contribution >= 4 is 0 Å². The molecule has 0 amide bonds. The normalized spacial score (nSPS) is 21.2. The summed E-state index contributed by atoms with van der Waals surface area (Å²) in [6, 6.07) is 0. The van der Waals surface area contributed by atoms with E-state index in [1.807, 2.05) is 13.8 Å². The maximum atomic E-state index is 10.2. The third kappa shape index (κ3) is 9.53. The topological polar surface area (TPSA) is 45.2 Å². The molecule has 1 N–H and O–H groups in total. The highest BCUT2D eigenvalue weighted by atomic mass is 16.5. The maximum Gasteiger partial charge on any atom is 0.0835 e. The first kappa shape index (κ1) is 25.8. The predicted octanol–water partition coefficient (Wildman–Crippen LogP) is 3.65. The Kier molecular flexibility index (Phi) is 12.2. The molecule has 0 aromatic heterocycles. The minimum atomic E-state index is -0.406. The number of rotatable bonds is 14. The summed E-state index contributed by atoms with van der Waals surface area (Å²) < 4.78 is 12.1. The summed E-state index contributed by atoms with van der Waals surface area (Å²) in [5, 5.41) is 10.2. The van der Waals surface area contributed by atoms with E-state index < -0.39 is 6.10 Å². The van der Waals surface area contributed by atoms with Crippen molar-refractivity contribution in [3.63, 3.8) is 0 Å². The van der Waals surface area contributed by atoms with Crippen LogP contribution in [0.2, 0.25) is 0 Å². The minimum Gasteiger partial charge on any atom is -0.390 e. The molecule has 0 saturated carbocycles. The highest BCUT2D eigenvalue weighted by Gasteiger charge is 2.26. The van der Waals surface area contributed by atoms with Gasteiger partial charge in [-0.3, -0.25) is 0 Å². The van der Waals surface area contributed by atoms with Crippen molar-refractivity contribution in [3.8, 4) is 0 Å². The van der Waals surface area contributed by atoms with E-state index in [-0.39, 0.29) is 17.6 Å². The average Bonchev–Trinajstić information content (AvgIpc) is 2.66. The van der Waals surface area contributed by atoms with Crippen LogP contribution in [-0.4, -0.2) is 85.2 Å². The van der Waals surface area contributed by atoms with Crippen LogP contribution in [-0.2, 0) is 9.47 Å². The second kappa shape index (κ2) is 13.2. The van der Waals surface area contributed by atoms with Crippen molar-refractivity contribution in [1.82, 2.24) is 9.80 Å². The molecule has 1 aliphatic heterocycles. The summed E-state index contributed by atoms with van der Waals surface area (Å²) in [6.45, 7) is 23.3. The summed E-state index contributed by atoms with van der Waals surface area (Å²) in [5.74, 6) is 0.965. The molecule has 28 heavy (non-hydrogen) atoms. The molecule has 5 nitrogen and oxygen atoms in total. The van der Waals surface area contributed by atoms with Crippen LogP contribution in [0.25, 0.3) is 0 Å². The average molecular weight is 401 g/mol. The van der Waals surface area contributed by atoms with Crippen LogP contribution < -0.4 is 0 Å². The first-order valence-electron chi connectivity index (χ1n) is 11.6. The highest BCUT2D eigenvalue weighted by Crippen LogP contribution is 2.21. The van der Waals surface area contributed by atoms with Crippen LogP contribution in [0.15, 0.2) is 0 Å². The van der Waals surface area contributed by atoms with Gasteiger partial charge in [-0.15, -0.1) is 0 Å². The van der Waals surface area contributed by atoms with E-state index in [4.69, 9.17) is 9.47 Å². The lowest BCUT2D eigenvalue weighted by Crippen LogP contribution is -2.48. The van der Waals surface area contributed by atoms with Gasteiger partial charge in [0.05, 0.1) is 31.0 Å². The highest BCUT2D eigenvalue weighted by molar-refractivity contribution is 4.79. The van der Waals surface area contributed by atoms with Crippen LogP contribution in [0.4, 0.5) is 0 Å². The van der Waals surface area contributed by atoms with Gasteiger partial charge in [-0.1, -0.05) is 41.5 Å². The SMILES string of the molecule is CCC(OCCOC(C)(CC)CCN1CCN(CC(C)C)CC1)C(O)C(C)C. The third-order valence-corrected chi connectivity index (χ3v) is 6.13. The summed E-state index contributed by atoms with van der Waals surface area (Å²) in [5.41, 5.74) is -0.100. The van der Waals surface area contributed by atoms with Gasteiger partial charge in [0.25, 0.3) is 0 Å². The molecule has 1 aliphatic rings. The molecule has 168 valence electrons. The quantitative estimate of drug-likeness (QED) is 0.451. The van der Waals surface area contributed by atoms with Gasteiger partial charge in [0.15, 0.2) is 0 Å². The van der Waals surface area contributed by atoms with Gasteiger partial charge < -0.3 is 24.4 Å². The van der Waals surface area contributed by atoms with Crippen LogP contribution in [0.1, 0.15) is 67.7 Å². The Hall–Kier alpha value is -0.200. The lowest BCUT2D eigenvalue weighted by molar-refractivity contribution is -0.104. The van der Waals surface area contributed by atoms with Crippen molar-refractivity contribution in [3.05, 3.63) is 0 Å². The zero-order valence-corrected chi connectivity index (χ0v) is 19.7. The fourth-order valence-electron chi connectivity index (χ4n) is 3.83. The van der Waals surface area contributed by atoms with Gasteiger partial charge in [0, 0.05) is 39.3 Å². The van der Waals surface area contributed by atoms with Gasteiger partial charge in [-0.05, 0) is 38.0 Å². The number of piperazine rings is 1. The van der Waals surface area contributed by atoms with Gasteiger partial charge in [-0.25, -0.2) is 0 Å². The number of hydrogen-bond donors (Lipinski definition) is 1. The Labute approximate surface area is 174 Å². The molecule has 1 heterocycles. The van der Waals surface area contributed by atoms with Crippen molar-refractivity contribution in [2.24, 2.45) is 11.8 Å². The zero-order chi connectivity index (χ0) is 21.2. The summed E-state index contributed by atoms with van der Waals surface area (Å²) in [6.07, 6.45) is 2.38. The second-order valence-electron chi connectivity index (χ2n) is 9.49. The number of nitrogens with zero attached hydrogens (tertiary/aromatic N) is 2. The number of aliphatic hydroxyl groups is 1. The largest absolute Gasteiger partial charge is 0.390 e. The van der Waals surface area contributed by atoms with Crippen LogP contribution >= 0.6 is 0 Å². The summed E-state index contributed by atoms with van der Waals surface area (Å²) in [4.78, 5) is 5.17. The van der Waals surface area contributed by atoms with Crippen molar-refractivity contribution in [2.75, 3.05) is 52.5 Å². The Bertz CT molecular complexity index is 397. The maximum absolute atomic E-state index is 10.2. The van der Waals surface area contributed by atoms with Crippen LogP contribution in [0.5, 0.6) is 0 Å². The smallest absolute Gasteiger partial charge is 0.0835 e. The van der Waals surface area contributed by atoms with E-state index in [2.05, 4.69) is 44.4 Å². The molecular weight excluding hydrogens is 352 g/mol. The molecule has 0 spiro atoms. The van der Waals surface area contributed by atoms with Gasteiger partial charge in [-0.2, -0.15) is 0 Å². The van der Waals surface area contributed by atoms with E-state index in [9.17, 15) is 5.11 Å². The Balaban J connectivity index is 2.29. The second-order valence-corrected chi connectivity index (χ2v) is 9.49. The first-order valence-corrected chi connectivity index (χ1v) is 11.6. The van der Waals surface area contributed by atoms with E-state index in [1.165, 1.54) is 32.7 Å². The molecule has 0 aromatic carbocycles. The van der Waals surface area contributed by atoms with E-state index in [0.29, 0.717) is 13.2 Å². The van der Waals surface area contributed by atoms with E-state index in [0.717, 1.165) is 31.7 Å². The van der Waals surface area contributed by atoms with Crippen LogP contribution in [0.3, 0.4) is 0 Å². The molecule has 5 heteroatoms. The molecule has 0 radical (unpaired) electrons. The van der Waals surface area contributed by atoms with Gasteiger partial charge in [0.1, 0.15) is 0 Å². The lowest BCUT2D eigenvalue weighted by Gasteiger charge is -2.37. The molecule has 3 unspecified atom stereocenters. The molecule has 1 fully saturated rings. The Morgan fingerprint density at radius 3 is 2.07 bits per heavy atom. The first-order chi connectivity index (χ1) is 13.2. The van der Waals surface area contributed by atoms with Crippen molar-refractivity contribution in [2.45, 2.75) is 85.5 Å². The number of aliphatic hydroxyl groups excluding tert-OH is 1. The number of hydrogen-bond acceptors (Lipinski definition) is 5. The van der Waals surface area contributed by atoms with Crippen LogP contribution in [0, 0.1) is 11.8 Å². The Morgan fingerprint density at radius 2 is 1.57 bits per heavy atom. The molecular formula is C23H48N2O3. The minimum absolute atomic E-state index is 0.0985. The fraction of sp³-hybridized carbons (Fsp3) is 1.00. The summed E-state index contributed by atoms with van der Waals surface area (Å²) >= 11 is 0. The lowest BCUT2D eigenvalue weighted by atomic mass is 9.98. The van der Waals surface area contributed by atoms with Crippen molar-refractivity contribution in [1.29, 1.82) is 0 Å². The molecule has 0 aromatic rings. The third-order valence-electron chi connectivity index (χ3n) is 6.13. The zero-order valence-electron chi connectivity index (χ0n) is 19.7. The van der Waals surface area contributed by atoms with E-state index >= 15 is 0 Å². The molecule has 0 aliphatic carbocycles. The molecule has 0 bridgehead atoms. The number of ether oxygens (including phenoxy) is 2. The standard InChI is InChI=1S/C23H48N2O3/c1-8-21(22(26)20(5)6)27-16-17-28-23(7,9-2)10-11-24-12-14-25(15-13-24)18-19(3)4/h19-22,26H,8-18H2,1-7H3. The van der Waals surface area contributed by atoms with Crippen molar-refractivity contribution < 1.29 is 14.6 Å². The predicted molar refractivity (Wildman–Crippen MR) is 118 cm³/mol. The van der Waals surface area contributed by atoms with Gasteiger partial charge in [0.2, 0.25) is 0 Å². The molecule has 1 saturated heterocycles. The van der Waals surface area contributed by atoms with Gasteiger partial charge >= 0.3 is 0 Å². The molecule has 1 rings (SSSR count). The summed E-state index contributed by atoms with van der Waals surface area (Å²) in [7, 11) is 0. The fourth-order valence-corrected chi connectivity index (χ4v) is 3.83. The Morgan fingerprint density at radius 1 is 0.964 bits per heavy atom. The van der Waals surface area contributed by atoms with E-state index in [1.54, 1.807) is 0 Å². The monoisotopic (exact) mass is 400 g/mol.